The van der Waals surface area contributed by atoms with Crippen LogP contribution in [0, 0.1) is 11.7 Å². The first-order chi connectivity index (χ1) is 16.5. The molecular weight excluding hydrogens is 447 g/mol. The topological polar surface area (TPSA) is 71.2 Å². The number of carbonyl (C=O) groups excluding carboxylic acids is 1. The largest absolute Gasteiger partial charge is 0.375 e. The van der Waals surface area contributed by atoms with Crippen molar-refractivity contribution < 1.29 is 9.18 Å². The molecule has 184 valence electrons. The normalized spacial score (nSPS) is 22.7. The molecule has 1 aromatic carbocycles. The smallest absolute Gasteiger partial charge is 0.244 e. The van der Waals surface area contributed by atoms with Gasteiger partial charge in [0.15, 0.2) is 5.13 Å². The van der Waals surface area contributed by atoms with Gasteiger partial charge < -0.3 is 16.0 Å². The molecule has 7 heteroatoms. The number of nitrogens with two attached hydrogens (primary N) is 1. The van der Waals surface area contributed by atoms with E-state index in [1.807, 2.05) is 0 Å². The highest BCUT2D eigenvalue weighted by Crippen LogP contribution is 2.32. The van der Waals surface area contributed by atoms with Crippen LogP contribution in [0.5, 0.6) is 0 Å². The number of amides is 1. The number of rotatable bonds is 9. The van der Waals surface area contributed by atoms with Gasteiger partial charge >= 0.3 is 0 Å². The molecule has 2 aliphatic carbocycles. The molecule has 1 aromatic heterocycles. The van der Waals surface area contributed by atoms with Crippen LogP contribution >= 0.6 is 11.3 Å². The molecule has 1 atom stereocenters. The SMILES string of the molecule is CCCN(CCC1CCC(NC(=O)C=Cc2ccc(F)cc2)CC1)C1CCc2nc(N)sc2C1. The van der Waals surface area contributed by atoms with Gasteiger partial charge in [-0.1, -0.05) is 19.1 Å². The van der Waals surface area contributed by atoms with Gasteiger partial charge in [0, 0.05) is 23.0 Å². The zero-order chi connectivity index (χ0) is 23.9. The lowest BCUT2D eigenvalue weighted by molar-refractivity contribution is -0.117. The van der Waals surface area contributed by atoms with Crippen LogP contribution in [0.4, 0.5) is 9.52 Å². The van der Waals surface area contributed by atoms with Gasteiger partial charge in [0.2, 0.25) is 5.91 Å². The fourth-order valence-corrected chi connectivity index (χ4v) is 6.34. The molecule has 3 N–H and O–H groups in total. The number of nitrogens with one attached hydrogen (secondary N) is 1. The van der Waals surface area contributed by atoms with E-state index in [9.17, 15) is 9.18 Å². The van der Waals surface area contributed by atoms with Crippen LogP contribution < -0.4 is 11.1 Å². The summed E-state index contributed by atoms with van der Waals surface area (Å²) in [5.74, 6) is 0.400. The third-order valence-corrected chi connectivity index (χ3v) is 8.22. The number of fused-ring (bicyclic) bond motifs is 1. The summed E-state index contributed by atoms with van der Waals surface area (Å²) in [6, 6.07) is 7.01. The van der Waals surface area contributed by atoms with Crippen LogP contribution in [0.25, 0.3) is 6.08 Å². The fourth-order valence-electron chi connectivity index (χ4n) is 5.39. The first kappa shape index (κ1) is 24.9. The minimum atomic E-state index is -0.269. The molecule has 1 heterocycles. The number of aromatic nitrogens is 1. The van der Waals surface area contributed by atoms with Crippen molar-refractivity contribution in [3.63, 3.8) is 0 Å². The monoisotopic (exact) mass is 484 g/mol. The highest BCUT2D eigenvalue weighted by molar-refractivity contribution is 7.15. The summed E-state index contributed by atoms with van der Waals surface area (Å²) >= 11 is 1.67. The number of halogens is 1. The van der Waals surface area contributed by atoms with Gasteiger partial charge in [0.25, 0.3) is 0 Å². The number of carbonyl (C=O) groups is 1. The zero-order valence-corrected chi connectivity index (χ0v) is 21.0. The number of hydrogen-bond donors (Lipinski definition) is 2. The van der Waals surface area contributed by atoms with Crippen LogP contribution in [0.15, 0.2) is 30.3 Å². The minimum absolute atomic E-state index is 0.0673. The quantitative estimate of drug-likeness (QED) is 0.479. The Morgan fingerprint density at radius 3 is 2.71 bits per heavy atom. The second kappa shape index (κ2) is 11.9. The summed E-state index contributed by atoms with van der Waals surface area (Å²) in [4.78, 5) is 20.9. The molecule has 0 aliphatic heterocycles. The lowest BCUT2D eigenvalue weighted by Gasteiger charge is -2.36. The molecule has 1 unspecified atom stereocenters. The van der Waals surface area contributed by atoms with E-state index in [-0.39, 0.29) is 17.8 Å². The van der Waals surface area contributed by atoms with E-state index in [1.165, 1.54) is 54.8 Å². The lowest BCUT2D eigenvalue weighted by Crippen LogP contribution is -2.41. The van der Waals surface area contributed by atoms with E-state index in [0.29, 0.717) is 11.2 Å². The Balaban J connectivity index is 1.19. The molecule has 0 spiro atoms. The molecule has 1 fully saturated rings. The van der Waals surface area contributed by atoms with Crippen molar-refractivity contribution >= 4 is 28.5 Å². The van der Waals surface area contributed by atoms with Gasteiger partial charge in [-0.3, -0.25) is 4.79 Å². The van der Waals surface area contributed by atoms with Crippen LogP contribution in [0.1, 0.15) is 68.0 Å². The molecule has 1 saturated carbocycles. The van der Waals surface area contributed by atoms with Crippen LogP contribution in [-0.2, 0) is 17.6 Å². The van der Waals surface area contributed by atoms with E-state index in [2.05, 4.69) is 22.1 Å². The lowest BCUT2D eigenvalue weighted by atomic mass is 9.83. The van der Waals surface area contributed by atoms with E-state index in [1.54, 1.807) is 35.6 Å². The molecule has 34 heavy (non-hydrogen) atoms. The maximum Gasteiger partial charge on any atom is 0.244 e. The van der Waals surface area contributed by atoms with Crippen molar-refractivity contribution in [1.29, 1.82) is 0 Å². The van der Waals surface area contributed by atoms with E-state index >= 15 is 0 Å². The molecule has 2 aromatic rings. The Hall–Kier alpha value is -2.25. The molecule has 0 saturated heterocycles. The van der Waals surface area contributed by atoms with E-state index < -0.39 is 0 Å². The van der Waals surface area contributed by atoms with E-state index in [4.69, 9.17) is 5.73 Å². The van der Waals surface area contributed by atoms with Gasteiger partial charge in [0.05, 0.1) is 5.69 Å². The van der Waals surface area contributed by atoms with E-state index in [0.717, 1.165) is 50.3 Å². The molecule has 1 amide bonds. The van der Waals surface area contributed by atoms with Gasteiger partial charge in [-0.05, 0) is 101 Å². The molecule has 5 nitrogen and oxygen atoms in total. The van der Waals surface area contributed by atoms with Gasteiger partial charge in [0.1, 0.15) is 5.82 Å². The summed E-state index contributed by atoms with van der Waals surface area (Å²) in [6.07, 6.45) is 13.5. The Morgan fingerprint density at radius 1 is 1.21 bits per heavy atom. The number of nitrogen functional groups attached to an aromatic ring is 1. The minimum Gasteiger partial charge on any atom is -0.375 e. The summed E-state index contributed by atoms with van der Waals surface area (Å²) in [5.41, 5.74) is 7.98. The van der Waals surface area contributed by atoms with Crippen molar-refractivity contribution in [2.75, 3.05) is 18.8 Å². The predicted octanol–water partition coefficient (Wildman–Crippen LogP) is 5.21. The predicted molar refractivity (Wildman–Crippen MR) is 138 cm³/mol. The fraction of sp³-hybridized carbons (Fsp3) is 0.556. The number of hydrogen-bond acceptors (Lipinski definition) is 5. The standard InChI is InChI=1S/C27H37FN4OS/c1-2-16-32(23-12-13-24-25(18-23)34-27(29)31-24)17-15-20-5-10-22(11-6-20)30-26(33)14-7-19-3-8-21(28)9-4-19/h3-4,7-9,14,20,22-23H,2,5-6,10-13,15-18H2,1H3,(H2,29,31)(H,30,33). The molecule has 2 aliphatic rings. The molecular formula is C27H37FN4OS. The number of aryl methyl sites for hydroxylation is 1. The third kappa shape index (κ3) is 6.89. The number of anilines is 1. The molecule has 4 rings (SSSR count). The third-order valence-electron chi connectivity index (χ3n) is 7.27. The molecule has 0 radical (unpaired) electrons. The first-order valence-electron chi connectivity index (χ1n) is 12.7. The van der Waals surface area contributed by atoms with Crippen LogP contribution in [-0.4, -0.2) is 41.0 Å². The van der Waals surface area contributed by atoms with Crippen molar-refractivity contribution in [1.82, 2.24) is 15.2 Å². The summed E-state index contributed by atoms with van der Waals surface area (Å²) in [7, 11) is 0. The van der Waals surface area contributed by atoms with Gasteiger partial charge in [-0.15, -0.1) is 11.3 Å². The Morgan fingerprint density at radius 2 is 1.97 bits per heavy atom. The highest BCUT2D eigenvalue weighted by Gasteiger charge is 2.28. The first-order valence-corrected chi connectivity index (χ1v) is 13.5. The second-order valence-electron chi connectivity index (χ2n) is 9.75. The van der Waals surface area contributed by atoms with Crippen molar-refractivity contribution in [3.8, 4) is 0 Å². The Bertz CT molecular complexity index is 966. The average Bonchev–Trinajstić information content (AvgIpc) is 3.21. The number of thiazole rings is 1. The van der Waals surface area contributed by atoms with Crippen molar-refractivity contribution in [3.05, 3.63) is 52.3 Å². The maximum atomic E-state index is 13.0. The highest BCUT2D eigenvalue weighted by atomic mass is 32.1. The maximum absolute atomic E-state index is 13.0. The van der Waals surface area contributed by atoms with Gasteiger partial charge in [-0.25, -0.2) is 9.37 Å². The van der Waals surface area contributed by atoms with Crippen LogP contribution in [0.2, 0.25) is 0 Å². The average molecular weight is 485 g/mol. The Kier molecular flexibility index (Phi) is 8.73. The zero-order valence-electron chi connectivity index (χ0n) is 20.1. The second-order valence-corrected chi connectivity index (χ2v) is 10.9. The van der Waals surface area contributed by atoms with Crippen LogP contribution in [0.3, 0.4) is 0 Å². The van der Waals surface area contributed by atoms with Crippen molar-refractivity contribution in [2.45, 2.75) is 76.8 Å². The Labute approximate surface area is 206 Å². The summed E-state index contributed by atoms with van der Waals surface area (Å²) < 4.78 is 13.0. The molecule has 0 bridgehead atoms. The number of benzene rings is 1. The van der Waals surface area contributed by atoms with Gasteiger partial charge in [-0.2, -0.15) is 0 Å². The van der Waals surface area contributed by atoms with Crippen molar-refractivity contribution in [2.24, 2.45) is 5.92 Å². The number of nitrogens with zero attached hydrogens (tertiary/aromatic N) is 2. The summed E-state index contributed by atoms with van der Waals surface area (Å²) in [5, 5.41) is 3.85. The summed E-state index contributed by atoms with van der Waals surface area (Å²) in [6.45, 7) is 4.58.